The van der Waals surface area contributed by atoms with Crippen molar-refractivity contribution in [1.29, 1.82) is 0 Å². The zero-order valence-corrected chi connectivity index (χ0v) is 27.5. The molecule has 2 aromatic carbocycles. The first-order valence-electron chi connectivity index (χ1n) is 15.9. The highest BCUT2D eigenvalue weighted by Gasteiger charge is 2.29. The second-order valence-electron chi connectivity index (χ2n) is 11.6. The number of anilines is 1. The number of nitrogens with one attached hydrogen (secondary N) is 3. The van der Waals surface area contributed by atoms with Crippen LogP contribution in [0.1, 0.15) is 62.5 Å². The Bertz CT molecular complexity index is 1820. The van der Waals surface area contributed by atoms with E-state index in [0.717, 1.165) is 53.8 Å². The number of fused-ring (bicyclic) bond motifs is 4. The lowest BCUT2D eigenvalue weighted by atomic mass is 9.95. The number of hydrogen-bond acceptors (Lipinski definition) is 9. The average Bonchev–Trinajstić information content (AvgIpc) is 3.34. The zero-order valence-electron chi connectivity index (χ0n) is 27.5. The Morgan fingerprint density at radius 3 is 2.55 bits per heavy atom. The maximum absolute atomic E-state index is 13.6. The smallest absolute Gasteiger partial charge is 0.242 e. The van der Waals surface area contributed by atoms with Crippen molar-refractivity contribution in [3.8, 4) is 28.4 Å². The van der Waals surface area contributed by atoms with Crippen molar-refractivity contribution in [2.45, 2.75) is 64.5 Å². The fraction of sp³-hybridized carbons (Fsp3) is 0.400. The van der Waals surface area contributed by atoms with E-state index < -0.39 is 12.1 Å². The van der Waals surface area contributed by atoms with Crippen LogP contribution in [0.2, 0.25) is 0 Å². The quantitative estimate of drug-likeness (QED) is 0.182. The summed E-state index contributed by atoms with van der Waals surface area (Å²) in [5, 5.41) is 17.5. The summed E-state index contributed by atoms with van der Waals surface area (Å²) in [7, 11) is 4.66. The molecule has 2 heterocycles. The van der Waals surface area contributed by atoms with Gasteiger partial charge in [0.25, 0.3) is 0 Å². The van der Waals surface area contributed by atoms with Crippen LogP contribution in [0.5, 0.6) is 17.2 Å². The molecule has 3 N–H and O–H groups in total. The van der Waals surface area contributed by atoms with Gasteiger partial charge in [-0.1, -0.05) is 18.6 Å². The summed E-state index contributed by atoms with van der Waals surface area (Å²) in [5.74, 6) is 1.95. The van der Waals surface area contributed by atoms with E-state index in [1.165, 1.54) is 13.0 Å². The van der Waals surface area contributed by atoms with E-state index in [1.54, 1.807) is 34.3 Å². The zero-order chi connectivity index (χ0) is 33.5. The van der Waals surface area contributed by atoms with Crippen molar-refractivity contribution in [3.63, 3.8) is 0 Å². The summed E-state index contributed by atoms with van der Waals surface area (Å²) < 4.78 is 19.1. The van der Waals surface area contributed by atoms with Gasteiger partial charge in [0, 0.05) is 31.6 Å². The van der Waals surface area contributed by atoms with Gasteiger partial charge >= 0.3 is 0 Å². The molecular weight excluding hydrogens is 600 g/mol. The number of carbonyl (C=O) groups is 2. The highest BCUT2D eigenvalue weighted by Crippen LogP contribution is 2.50. The van der Waals surface area contributed by atoms with Crippen molar-refractivity contribution in [1.82, 2.24) is 25.2 Å². The lowest BCUT2D eigenvalue weighted by molar-refractivity contribution is -0.121. The molecule has 2 unspecified atom stereocenters. The summed E-state index contributed by atoms with van der Waals surface area (Å²) in [6, 6.07) is 11.7. The minimum absolute atomic E-state index is 0.205. The molecule has 12 heteroatoms. The molecule has 0 saturated heterocycles. The third kappa shape index (κ3) is 7.32. The molecule has 1 aliphatic rings. The molecule has 0 aliphatic heterocycles. The molecule has 5 rings (SSSR count). The number of ether oxygens (including phenoxy) is 3. The molecule has 0 radical (unpaired) electrons. The van der Waals surface area contributed by atoms with Crippen LogP contribution in [0.4, 0.5) is 5.69 Å². The van der Waals surface area contributed by atoms with E-state index in [4.69, 9.17) is 14.2 Å². The van der Waals surface area contributed by atoms with Gasteiger partial charge in [0.15, 0.2) is 17.1 Å². The van der Waals surface area contributed by atoms with Crippen LogP contribution in [0, 0.1) is 0 Å². The first-order chi connectivity index (χ1) is 22.7. The second-order valence-corrected chi connectivity index (χ2v) is 11.6. The molecular formula is C35H42N6O6. The first kappa shape index (κ1) is 33.2. The Morgan fingerprint density at radius 1 is 1.00 bits per heavy atom. The largest absolute Gasteiger partial charge is 0.493 e. The van der Waals surface area contributed by atoms with Gasteiger partial charge in [-0.25, -0.2) is 0 Å². The number of nitrogens with zero attached hydrogens (tertiary/aromatic N) is 3. The van der Waals surface area contributed by atoms with E-state index in [-0.39, 0.29) is 22.9 Å². The fourth-order valence-electron chi connectivity index (χ4n) is 6.14. The molecule has 2 aromatic heterocycles. The Balaban J connectivity index is 1.30. The monoisotopic (exact) mass is 642 g/mol. The SMILES string of the molecule is COc1cc2c(c(OC)c1OC)-c1ccc(NC(C)C(=O)NCCCCCc3nnc4ccccn34)c(=O)cc1C(NC(C)=O)CC2. The molecule has 2 amide bonds. The van der Waals surface area contributed by atoms with E-state index >= 15 is 0 Å². The summed E-state index contributed by atoms with van der Waals surface area (Å²) in [6.45, 7) is 3.70. The standard InChI is InChI=1S/C35H42N6O6/c1-21(35(44)36-17-9-6-7-11-30-39-40-31-12-8-10-18-41(30)31)37-27-16-14-24-25(20-28(27)43)26(38-22(2)42)15-13-23-19-29(45-3)33(46-4)34(47-5)32(23)24/h8,10,12,14,16,18-21,26H,6-7,9,11,13,15,17H2,1-5H3,(H,36,44)(H,37,43)(H,38,42). The molecule has 1 aliphatic carbocycles. The molecule has 2 atom stereocenters. The van der Waals surface area contributed by atoms with Gasteiger partial charge in [-0.2, -0.15) is 0 Å². The predicted molar refractivity (Wildman–Crippen MR) is 179 cm³/mol. The first-order valence-corrected chi connectivity index (χ1v) is 15.9. The van der Waals surface area contributed by atoms with Gasteiger partial charge in [-0.15, -0.1) is 10.2 Å². The molecule has 47 heavy (non-hydrogen) atoms. The summed E-state index contributed by atoms with van der Waals surface area (Å²) in [5.41, 5.74) is 3.86. The van der Waals surface area contributed by atoms with E-state index in [2.05, 4.69) is 26.1 Å². The third-order valence-corrected chi connectivity index (χ3v) is 8.44. The average molecular weight is 643 g/mol. The normalized spacial score (nSPS) is 14.3. The summed E-state index contributed by atoms with van der Waals surface area (Å²) >= 11 is 0. The van der Waals surface area contributed by atoms with Crippen molar-refractivity contribution in [2.75, 3.05) is 33.2 Å². The van der Waals surface area contributed by atoms with Crippen LogP contribution >= 0.6 is 0 Å². The fourth-order valence-corrected chi connectivity index (χ4v) is 6.14. The van der Waals surface area contributed by atoms with Crippen molar-refractivity contribution in [3.05, 3.63) is 75.8 Å². The molecule has 248 valence electrons. The third-order valence-electron chi connectivity index (χ3n) is 8.44. The number of amides is 2. The van der Waals surface area contributed by atoms with Gasteiger partial charge in [0.1, 0.15) is 11.9 Å². The lowest BCUT2D eigenvalue weighted by Crippen LogP contribution is -2.38. The minimum atomic E-state index is -0.662. The second kappa shape index (κ2) is 15.0. The van der Waals surface area contributed by atoms with Gasteiger partial charge in [-0.3, -0.25) is 18.8 Å². The minimum Gasteiger partial charge on any atom is -0.493 e. The van der Waals surface area contributed by atoms with Crippen LogP contribution in [0.15, 0.2) is 53.5 Å². The lowest BCUT2D eigenvalue weighted by Gasteiger charge is -2.19. The molecule has 0 saturated carbocycles. The maximum atomic E-state index is 13.6. The Hall–Kier alpha value is -5.13. The summed E-state index contributed by atoms with van der Waals surface area (Å²) in [4.78, 5) is 38.8. The number of methoxy groups -OCH3 is 3. The van der Waals surface area contributed by atoms with Crippen LogP contribution in [-0.4, -0.2) is 60.3 Å². The Labute approximate surface area is 273 Å². The van der Waals surface area contributed by atoms with Gasteiger partial charge in [-0.05, 0) is 79.6 Å². The molecule has 0 fully saturated rings. The van der Waals surface area contributed by atoms with Gasteiger partial charge < -0.3 is 30.2 Å². The van der Waals surface area contributed by atoms with Crippen LogP contribution < -0.4 is 35.6 Å². The number of unbranched alkanes of at least 4 members (excludes halogenated alkanes) is 2. The number of aromatic nitrogens is 3. The van der Waals surface area contributed by atoms with Gasteiger partial charge in [0.2, 0.25) is 23.0 Å². The van der Waals surface area contributed by atoms with E-state index in [1.807, 2.05) is 40.9 Å². The van der Waals surface area contributed by atoms with E-state index in [0.29, 0.717) is 42.2 Å². The summed E-state index contributed by atoms with van der Waals surface area (Å²) in [6.07, 6.45) is 6.58. The molecule has 4 aromatic rings. The maximum Gasteiger partial charge on any atom is 0.242 e. The predicted octanol–water partition coefficient (Wildman–Crippen LogP) is 4.24. The van der Waals surface area contributed by atoms with Gasteiger partial charge in [0.05, 0.1) is 33.1 Å². The number of carbonyl (C=O) groups excluding carboxylic acids is 2. The highest BCUT2D eigenvalue weighted by molar-refractivity contribution is 5.85. The number of benzene rings is 1. The van der Waals surface area contributed by atoms with Crippen molar-refractivity contribution >= 4 is 23.1 Å². The van der Waals surface area contributed by atoms with Crippen LogP contribution in [0.3, 0.4) is 0 Å². The highest BCUT2D eigenvalue weighted by atomic mass is 16.5. The van der Waals surface area contributed by atoms with Crippen LogP contribution in [-0.2, 0) is 22.4 Å². The number of pyridine rings is 1. The van der Waals surface area contributed by atoms with Crippen LogP contribution in [0.25, 0.3) is 16.8 Å². The molecule has 0 bridgehead atoms. The number of hydrogen-bond donors (Lipinski definition) is 3. The number of aryl methyl sites for hydroxylation is 2. The Kier molecular flexibility index (Phi) is 10.6. The Morgan fingerprint density at radius 2 is 1.81 bits per heavy atom. The topological polar surface area (TPSA) is 145 Å². The van der Waals surface area contributed by atoms with Crippen molar-refractivity contribution < 1.29 is 23.8 Å². The van der Waals surface area contributed by atoms with E-state index in [9.17, 15) is 14.4 Å². The molecule has 0 spiro atoms. The molecule has 12 nitrogen and oxygen atoms in total. The van der Waals surface area contributed by atoms with Crippen molar-refractivity contribution in [2.24, 2.45) is 0 Å². The number of rotatable bonds is 13.